The summed E-state index contributed by atoms with van der Waals surface area (Å²) in [5.74, 6) is -0.395. The van der Waals surface area contributed by atoms with Gasteiger partial charge >= 0.3 is 5.97 Å². The van der Waals surface area contributed by atoms with Crippen molar-refractivity contribution in [3.63, 3.8) is 0 Å². The molecule has 1 heterocycles. The van der Waals surface area contributed by atoms with E-state index in [1.165, 1.54) is 0 Å². The second-order valence-corrected chi connectivity index (χ2v) is 5.46. The lowest BCUT2D eigenvalue weighted by molar-refractivity contribution is -0.150. The smallest absolute Gasteiger partial charge is 0.346 e. The van der Waals surface area contributed by atoms with Crippen LogP contribution in [-0.4, -0.2) is 18.2 Å². The first kappa shape index (κ1) is 13.7. The van der Waals surface area contributed by atoms with Crippen molar-refractivity contribution in [3.05, 3.63) is 33.8 Å². The van der Waals surface area contributed by atoms with E-state index < -0.39 is 17.2 Å². The fourth-order valence-corrected chi connectivity index (χ4v) is 2.41. The van der Waals surface area contributed by atoms with Gasteiger partial charge in [-0.25, -0.2) is 4.79 Å². The van der Waals surface area contributed by atoms with E-state index in [-0.39, 0.29) is 0 Å². The van der Waals surface area contributed by atoms with Crippen molar-refractivity contribution >= 4 is 29.2 Å². The molecule has 1 aliphatic rings. The summed E-state index contributed by atoms with van der Waals surface area (Å²) < 4.78 is 10.7. The molecule has 2 rings (SSSR count). The maximum atomic E-state index is 12.1. The van der Waals surface area contributed by atoms with Crippen LogP contribution in [-0.2, 0) is 19.9 Å². The summed E-state index contributed by atoms with van der Waals surface area (Å²) >= 11 is 11.9. The highest BCUT2D eigenvalue weighted by atomic mass is 35.5. The molecule has 1 aliphatic heterocycles. The second kappa shape index (κ2) is 4.41. The Morgan fingerprint density at radius 1 is 1.33 bits per heavy atom. The van der Waals surface area contributed by atoms with Crippen LogP contribution < -0.4 is 0 Å². The molecule has 5 heteroatoms. The van der Waals surface area contributed by atoms with Crippen LogP contribution in [0.3, 0.4) is 0 Å². The van der Waals surface area contributed by atoms with E-state index in [1.807, 2.05) is 13.8 Å². The van der Waals surface area contributed by atoms with E-state index in [0.717, 1.165) is 0 Å². The molecule has 0 radical (unpaired) electrons. The number of benzene rings is 1. The quantitative estimate of drug-likeness (QED) is 0.631. The first-order valence-electron chi connectivity index (χ1n) is 5.68. The predicted octanol–water partition coefficient (Wildman–Crippen LogP) is 3.56. The first-order valence-corrected chi connectivity index (χ1v) is 6.43. The van der Waals surface area contributed by atoms with Crippen LogP contribution >= 0.6 is 23.2 Å². The van der Waals surface area contributed by atoms with Gasteiger partial charge in [0.15, 0.2) is 0 Å². The summed E-state index contributed by atoms with van der Waals surface area (Å²) in [5, 5.41) is 0.835. The van der Waals surface area contributed by atoms with Gasteiger partial charge in [0.2, 0.25) is 5.60 Å². The predicted molar refractivity (Wildman–Crippen MR) is 69.9 cm³/mol. The fraction of sp³-hybridized carbons (Fsp3) is 0.462. The Hall–Kier alpha value is -0.770. The van der Waals surface area contributed by atoms with E-state index in [4.69, 9.17) is 32.7 Å². The fourth-order valence-electron chi connectivity index (χ4n) is 2.12. The maximum absolute atomic E-state index is 12.1. The van der Waals surface area contributed by atoms with Crippen molar-refractivity contribution in [1.29, 1.82) is 0 Å². The minimum Gasteiger partial charge on any atom is -0.464 e. The molecule has 0 N–H and O–H groups in total. The van der Waals surface area contributed by atoms with Gasteiger partial charge in [-0.3, -0.25) is 0 Å². The minimum atomic E-state index is -1.07. The summed E-state index contributed by atoms with van der Waals surface area (Å²) in [4.78, 5) is 12.1. The molecule has 0 saturated carbocycles. The van der Waals surface area contributed by atoms with Crippen molar-refractivity contribution in [2.45, 2.75) is 32.0 Å². The normalized spacial score (nSPS) is 24.7. The second-order valence-electron chi connectivity index (χ2n) is 4.64. The molecule has 1 saturated heterocycles. The third-order valence-corrected chi connectivity index (χ3v) is 3.84. The molecule has 1 aromatic rings. The molecule has 1 aromatic carbocycles. The maximum Gasteiger partial charge on any atom is 0.346 e. The number of carbonyl (C=O) groups is 1. The van der Waals surface area contributed by atoms with Crippen LogP contribution in [0, 0.1) is 0 Å². The largest absolute Gasteiger partial charge is 0.464 e. The number of carbonyl (C=O) groups excluding carboxylic acids is 1. The first-order chi connectivity index (χ1) is 8.35. The summed E-state index contributed by atoms with van der Waals surface area (Å²) in [6, 6.07) is 5.04. The van der Waals surface area contributed by atoms with E-state index in [9.17, 15) is 4.79 Å². The van der Waals surface area contributed by atoms with Crippen LogP contribution in [0.4, 0.5) is 0 Å². The van der Waals surface area contributed by atoms with Crippen LogP contribution in [0.1, 0.15) is 26.3 Å². The zero-order valence-corrected chi connectivity index (χ0v) is 11.9. The van der Waals surface area contributed by atoms with Gasteiger partial charge in [0.25, 0.3) is 0 Å². The highest BCUT2D eigenvalue weighted by Crippen LogP contribution is 2.56. The molecule has 1 fully saturated rings. The Morgan fingerprint density at radius 2 is 1.94 bits per heavy atom. The zero-order valence-electron chi connectivity index (χ0n) is 10.4. The molecule has 1 atom stereocenters. The summed E-state index contributed by atoms with van der Waals surface area (Å²) in [6.07, 6.45) is 0. The average Bonchev–Trinajstić information content (AvgIpc) is 2.88. The average molecular weight is 289 g/mol. The van der Waals surface area contributed by atoms with Crippen LogP contribution in [0.25, 0.3) is 0 Å². The van der Waals surface area contributed by atoms with Gasteiger partial charge in [-0.05, 0) is 38.5 Å². The highest BCUT2D eigenvalue weighted by molar-refractivity contribution is 6.42. The molecule has 0 aliphatic carbocycles. The number of esters is 1. The minimum absolute atomic E-state index is 0.307. The monoisotopic (exact) mass is 288 g/mol. The molecular formula is C13H14Cl2O3. The Morgan fingerprint density at radius 3 is 2.39 bits per heavy atom. The van der Waals surface area contributed by atoms with Gasteiger partial charge in [-0.2, -0.15) is 0 Å². The van der Waals surface area contributed by atoms with Crippen molar-refractivity contribution in [1.82, 2.24) is 0 Å². The topological polar surface area (TPSA) is 38.8 Å². The van der Waals surface area contributed by atoms with E-state index in [1.54, 1.807) is 25.1 Å². The van der Waals surface area contributed by atoms with Crippen molar-refractivity contribution < 1.29 is 14.3 Å². The van der Waals surface area contributed by atoms with Gasteiger partial charge in [0, 0.05) is 0 Å². The lowest BCUT2D eigenvalue weighted by atomic mass is 9.88. The molecule has 1 unspecified atom stereocenters. The molecule has 0 spiro atoms. The zero-order chi connectivity index (χ0) is 13.6. The van der Waals surface area contributed by atoms with Gasteiger partial charge in [0.1, 0.15) is 5.60 Å². The number of hydrogen-bond donors (Lipinski definition) is 0. The van der Waals surface area contributed by atoms with Gasteiger partial charge in [-0.1, -0.05) is 29.3 Å². The van der Waals surface area contributed by atoms with Gasteiger partial charge in [0.05, 0.1) is 16.7 Å². The highest BCUT2D eigenvalue weighted by Gasteiger charge is 2.71. The molecular weight excluding hydrogens is 275 g/mol. The lowest BCUT2D eigenvalue weighted by Crippen LogP contribution is -2.30. The number of hydrogen-bond acceptors (Lipinski definition) is 3. The number of halogens is 2. The molecule has 18 heavy (non-hydrogen) atoms. The summed E-state index contributed by atoms with van der Waals surface area (Å²) in [7, 11) is 0. The van der Waals surface area contributed by atoms with E-state index in [2.05, 4.69) is 0 Å². The van der Waals surface area contributed by atoms with Crippen molar-refractivity contribution in [2.24, 2.45) is 0 Å². The summed E-state index contributed by atoms with van der Waals surface area (Å²) in [6.45, 7) is 5.75. The molecule has 3 nitrogen and oxygen atoms in total. The number of rotatable bonds is 3. The van der Waals surface area contributed by atoms with Gasteiger partial charge in [-0.15, -0.1) is 0 Å². The third-order valence-electron chi connectivity index (χ3n) is 3.10. The van der Waals surface area contributed by atoms with Crippen LogP contribution in [0.5, 0.6) is 0 Å². The Kier molecular flexibility index (Phi) is 3.34. The molecule has 0 amide bonds. The summed E-state index contributed by atoms with van der Waals surface area (Å²) in [5.41, 5.74) is -1.01. The number of ether oxygens (including phenoxy) is 2. The van der Waals surface area contributed by atoms with Crippen LogP contribution in [0.2, 0.25) is 10.0 Å². The van der Waals surface area contributed by atoms with Crippen molar-refractivity contribution in [3.8, 4) is 0 Å². The lowest BCUT2D eigenvalue weighted by Gasteiger charge is -2.14. The molecule has 0 aromatic heterocycles. The van der Waals surface area contributed by atoms with Crippen molar-refractivity contribution in [2.75, 3.05) is 6.61 Å². The Bertz CT molecular complexity index is 499. The van der Waals surface area contributed by atoms with Gasteiger partial charge < -0.3 is 9.47 Å². The Balaban J connectivity index is 2.44. The van der Waals surface area contributed by atoms with E-state index in [0.29, 0.717) is 22.2 Å². The number of epoxide rings is 1. The standard InChI is InChI=1S/C13H14Cl2O3/c1-4-17-11(16)13(12(2,3)18-13)8-5-6-9(14)10(15)7-8/h5-7H,4H2,1-3H3. The van der Waals surface area contributed by atoms with E-state index >= 15 is 0 Å². The SMILES string of the molecule is CCOC(=O)C1(c2ccc(Cl)c(Cl)c2)OC1(C)C. The molecule has 98 valence electrons. The third kappa shape index (κ3) is 1.91. The molecule has 0 bridgehead atoms. The van der Waals surface area contributed by atoms with Crippen LogP contribution in [0.15, 0.2) is 18.2 Å². The Labute approximate surface area is 116 Å².